The number of aromatic nitrogens is 1. The molecule has 1 saturated carbocycles. The third-order valence-electron chi connectivity index (χ3n) is 4.49. The van der Waals surface area contributed by atoms with Crippen LogP contribution in [-0.2, 0) is 6.42 Å². The summed E-state index contributed by atoms with van der Waals surface area (Å²) in [6.07, 6.45) is 11.8. The second kappa shape index (κ2) is 6.85. The van der Waals surface area contributed by atoms with E-state index in [1.165, 1.54) is 37.7 Å². The first-order valence-electron chi connectivity index (χ1n) is 7.47. The molecule has 1 unspecified atom stereocenters. The van der Waals surface area contributed by atoms with Gasteiger partial charge in [0.05, 0.1) is 0 Å². The van der Waals surface area contributed by atoms with Crippen LogP contribution in [0.15, 0.2) is 22.9 Å². The van der Waals surface area contributed by atoms with Gasteiger partial charge in [0, 0.05) is 22.9 Å². The molecule has 3 heteroatoms. The van der Waals surface area contributed by atoms with E-state index < -0.39 is 0 Å². The molecule has 0 bridgehead atoms. The Bertz CT molecular complexity index is 399. The highest BCUT2D eigenvalue weighted by molar-refractivity contribution is 9.10. The van der Waals surface area contributed by atoms with Crippen molar-refractivity contribution < 1.29 is 0 Å². The molecular formula is C16H25BrN2. The van der Waals surface area contributed by atoms with E-state index in [9.17, 15) is 0 Å². The Balaban J connectivity index is 2.11. The molecule has 0 amide bonds. The molecule has 106 valence electrons. The maximum absolute atomic E-state index is 4.29. The molecule has 1 N–H and O–H groups in total. The third-order valence-corrected chi connectivity index (χ3v) is 4.92. The number of hydrogen-bond donors (Lipinski definition) is 1. The monoisotopic (exact) mass is 324 g/mol. The molecule has 2 rings (SSSR count). The Hall–Kier alpha value is -0.410. The van der Waals surface area contributed by atoms with Gasteiger partial charge < -0.3 is 5.32 Å². The largest absolute Gasteiger partial charge is 0.313 e. The second-order valence-electron chi connectivity index (χ2n) is 6.04. The SMILES string of the molecule is CCNC(Cc1cncc(Br)c1)C1(C)CCCCC1. The summed E-state index contributed by atoms with van der Waals surface area (Å²) in [6, 6.07) is 2.76. The molecule has 1 aliphatic carbocycles. The number of rotatable bonds is 5. The number of nitrogens with one attached hydrogen (secondary N) is 1. The highest BCUT2D eigenvalue weighted by Crippen LogP contribution is 2.39. The topological polar surface area (TPSA) is 24.9 Å². The van der Waals surface area contributed by atoms with Gasteiger partial charge in [-0.25, -0.2) is 0 Å². The third kappa shape index (κ3) is 4.03. The van der Waals surface area contributed by atoms with Crippen molar-refractivity contribution in [2.24, 2.45) is 5.41 Å². The van der Waals surface area contributed by atoms with E-state index in [4.69, 9.17) is 0 Å². The molecule has 1 fully saturated rings. The minimum atomic E-state index is 0.441. The fourth-order valence-electron chi connectivity index (χ4n) is 3.32. The van der Waals surface area contributed by atoms with Crippen molar-refractivity contribution >= 4 is 15.9 Å². The van der Waals surface area contributed by atoms with Crippen LogP contribution in [0.25, 0.3) is 0 Å². The zero-order valence-electron chi connectivity index (χ0n) is 12.1. The maximum Gasteiger partial charge on any atom is 0.0410 e. The highest BCUT2D eigenvalue weighted by Gasteiger charge is 2.34. The van der Waals surface area contributed by atoms with E-state index in [-0.39, 0.29) is 0 Å². The molecular weight excluding hydrogens is 300 g/mol. The molecule has 1 aliphatic rings. The lowest BCUT2D eigenvalue weighted by atomic mass is 9.69. The van der Waals surface area contributed by atoms with Crippen LogP contribution in [0.1, 0.15) is 51.5 Å². The minimum absolute atomic E-state index is 0.441. The van der Waals surface area contributed by atoms with Crippen molar-refractivity contribution in [2.45, 2.75) is 58.4 Å². The van der Waals surface area contributed by atoms with Crippen LogP contribution < -0.4 is 5.32 Å². The lowest BCUT2D eigenvalue weighted by molar-refractivity contribution is 0.145. The number of pyridine rings is 1. The normalized spacial score (nSPS) is 20.2. The molecule has 1 atom stereocenters. The van der Waals surface area contributed by atoms with Gasteiger partial charge in [0.15, 0.2) is 0 Å². The van der Waals surface area contributed by atoms with E-state index in [0.717, 1.165) is 17.4 Å². The molecule has 0 spiro atoms. The molecule has 2 nitrogen and oxygen atoms in total. The van der Waals surface area contributed by atoms with Gasteiger partial charge in [0.25, 0.3) is 0 Å². The van der Waals surface area contributed by atoms with Gasteiger partial charge in [-0.3, -0.25) is 4.98 Å². The number of halogens is 1. The molecule has 1 aromatic heterocycles. The van der Waals surface area contributed by atoms with Crippen molar-refractivity contribution in [1.29, 1.82) is 0 Å². The standard InChI is InChI=1S/C16H25BrN2/c1-3-19-15(16(2)7-5-4-6-8-16)10-13-9-14(17)12-18-11-13/h9,11-12,15,19H,3-8,10H2,1-2H3. The van der Waals surface area contributed by atoms with Crippen LogP contribution in [-0.4, -0.2) is 17.6 Å². The summed E-state index contributed by atoms with van der Waals surface area (Å²) < 4.78 is 1.08. The molecule has 0 saturated heterocycles. The number of hydrogen-bond acceptors (Lipinski definition) is 2. The second-order valence-corrected chi connectivity index (χ2v) is 6.96. The van der Waals surface area contributed by atoms with Crippen LogP contribution >= 0.6 is 15.9 Å². The predicted octanol–water partition coefficient (Wildman–Crippen LogP) is 4.34. The van der Waals surface area contributed by atoms with E-state index in [1.807, 2.05) is 12.4 Å². The fourth-order valence-corrected chi connectivity index (χ4v) is 3.73. The van der Waals surface area contributed by atoms with Crippen molar-refractivity contribution in [2.75, 3.05) is 6.54 Å². The van der Waals surface area contributed by atoms with Gasteiger partial charge in [0.1, 0.15) is 0 Å². The molecule has 0 radical (unpaired) electrons. The lowest BCUT2D eigenvalue weighted by Gasteiger charge is -2.41. The molecule has 0 aliphatic heterocycles. The average molecular weight is 325 g/mol. The first-order valence-corrected chi connectivity index (χ1v) is 8.26. The number of nitrogens with zero attached hydrogens (tertiary/aromatic N) is 1. The van der Waals surface area contributed by atoms with Gasteiger partial charge in [0.2, 0.25) is 0 Å². The maximum atomic E-state index is 4.29. The van der Waals surface area contributed by atoms with E-state index in [0.29, 0.717) is 11.5 Å². The van der Waals surface area contributed by atoms with Crippen LogP contribution in [0.4, 0.5) is 0 Å². The Kier molecular flexibility index (Phi) is 5.40. The Morgan fingerprint density at radius 1 is 1.32 bits per heavy atom. The van der Waals surface area contributed by atoms with E-state index in [1.54, 1.807) is 0 Å². The summed E-state index contributed by atoms with van der Waals surface area (Å²) in [7, 11) is 0. The summed E-state index contributed by atoms with van der Waals surface area (Å²) >= 11 is 3.52. The lowest BCUT2D eigenvalue weighted by Crippen LogP contribution is -2.46. The quantitative estimate of drug-likeness (QED) is 0.871. The van der Waals surface area contributed by atoms with Crippen LogP contribution in [0, 0.1) is 5.41 Å². The summed E-state index contributed by atoms with van der Waals surface area (Å²) in [5.41, 5.74) is 1.77. The van der Waals surface area contributed by atoms with Gasteiger partial charge in [-0.05, 0) is 58.8 Å². The summed E-state index contributed by atoms with van der Waals surface area (Å²) in [5, 5.41) is 3.72. The Labute approximate surface area is 125 Å². The molecule has 0 aromatic carbocycles. The van der Waals surface area contributed by atoms with Gasteiger partial charge in [-0.2, -0.15) is 0 Å². The smallest absolute Gasteiger partial charge is 0.0410 e. The first kappa shape index (κ1) is 15.0. The molecule has 1 aromatic rings. The minimum Gasteiger partial charge on any atom is -0.313 e. The Morgan fingerprint density at radius 2 is 2.05 bits per heavy atom. The van der Waals surface area contributed by atoms with Crippen LogP contribution in [0.3, 0.4) is 0 Å². The molecule has 19 heavy (non-hydrogen) atoms. The van der Waals surface area contributed by atoms with E-state index >= 15 is 0 Å². The summed E-state index contributed by atoms with van der Waals surface area (Å²) in [5.74, 6) is 0. The van der Waals surface area contributed by atoms with Crippen molar-refractivity contribution in [3.8, 4) is 0 Å². The van der Waals surface area contributed by atoms with Gasteiger partial charge in [-0.15, -0.1) is 0 Å². The first-order chi connectivity index (χ1) is 9.14. The average Bonchev–Trinajstić information content (AvgIpc) is 2.39. The van der Waals surface area contributed by atoms with Crippen molar-refractivity contribution in [1.82, 2.24) is 10.3 Å². The van der Waals surface area contributed by atoms with Gasteiger partial charge in [-0.1, -0.05) is 33.1 Å². The summed E-state index contributed by atoms with van der Waals surface area (Å²) in [6.45, 7) is 5.71. The zero-order valence-corrected chi connectivity index (χ0v) is 13.7. The fraction of sp³-hybridized carbons (Fsp3) is 0.688. The van der Waals surface area contributed by atoms with Crippen LogP contribution in [0.2, 0.25) is 0 Å². The van der Waals surface area contributed by atoms with E-state index in [2.05, 4.69) is 46.1 Å². The summed E-state index contributed by atoms with van der Waals surface area (Å²) in [4.78, 5) is 4.29. The van der Waals surface area contributed by atoms with Gasteiger partial charge >= 0.3 is 0 Å². The highest BCUT2D eigenvalue weighted by atomic mass is 79.9. The van der Waals surface area contributed by atoms with Crippen LogP contribution in [0.5, 0.6) is 0 Å². The Morgan fingerprint density at radius 3 is 2.68 bits per heavy atom. The number of likely N-dealkylation sites (N-methyl/N-ethyl adjacent to an activating group) is 1. The van der Waals surface area contributed by atoms with Crippen molar-refractivity contribution in [3.05, 3.63) is 28.5 Å². The molecule has 1 heterocycles. The van der Waals surface area contributed by atoms with Crippen molar-refractivity contribution in [3.63, 3.8) is 0 Å². The zero-order chi connectivity index (χ0) is 13.7. The predicted molar refractivity (Wildman–Crippen MR) is 84.3 cm³/mol.